The fourth-order valence-electron chi connectivity index (χ4n) is 3.86. The number of carbonyl (C=O) groups excluding carboxylic acids is 2. The van der Waals surface area contributed by atoms with Crippen LogP contribution >= 0.6 is 0 Å². The van der Waals surface area contributed by atoms with E-state index in [2.05, 4.69) is 27.7 Å². The predicted octanol–water partition coefficient (Wildman–Crippen LogP) is 5.11. The number of esters is 1. The smallest absolute Gasteiger partial charge is 0.334 e. The number of hydrogen-bond donors (Lipinski definition) is 0. The summed E-state index contributed by atoms with van der Waals surface area (Å²) in [6.07, 6.45) is 6.11. The minimum atomic E-state index is -1.19. The molecule has 2 rings (SSSR count). The van der Waals surface area contributed by atoms with Crippen molar-refractivity contribution in [1.29, 1.82) is 0 Å². The van der Waals surface area contributed by atoms with Crippen molar-refractivity contribution >= 4 is 12.3 Å². The van der Waals surface area contributed by atoms with Crippen LogP contribution in [-0.2, 0) is 25.7 Å². The first-order valence-corrected chi connectivity index (χ1v) is 10.3. The maximum absolute atomic E-state index is 12.3. The summed E-state index contributed by atoms with van der Waals surface area (Å²) in [5, 5.41) is 0. The summed E-state index contributed by atoms with van der Waals surface area (Å²) in [7, 11) is 0. The summed E-state index contributed by atoms with van der Waals surface area (Å²) in [4.78, 5) is 24.0. The van der Waals surface area contributed by atoms with Crippen molar-refractivity contribution in [2.45, 2.75) is 65.6 Å². The van der Waals surface area contributed by atoms with E-state index in [0.717, 1.165) is 31.1 Å². The lowest BCUT2D eigenvalue weighted by atomic mass is 9.86. The Morgan fingerprint density at radius 2 is 1.75 bits per heavy atom. The zero-order valence-corrected chi connectivity index (χ0v) is 17.6. The van der Waals surface area contributed by atoms with Crippen LogP contribution in [0.25, 0.3) is 0 Å². The van der Waals surface area contributed by atoms with Gasteiger partial charge in [-0.2, -0.15) is 0 Å². The van der Waals surface area contributed by atoms with Gasteiger partial charge in [0.15, 0.2) is 11.9 Å². The van der Waals surface area contributed by atoms with Crippen LogP contribution < -0.4 is 0 Å². The second kappa shape index (κ2) is 10.6. The van der Waals surface area contributed by atoms with Crippen LogP contribution in [0.1, 0.15) is 58.9 Å². The number of aldehydes is 1. The number of allylic oxidation sites excluding steroid dienone is 1. The van der Waals surface area contributed by atoms with Crippen molar-refractivity contribution in [1.82, 2.24) is 0 Å². The summed E-state index contributed by atoms with van der Waals surface area (Å²) in [5.74, 6) is 1.40. The molecule has 1 aromatic rings. The maximum Gasteiger partial charge on any atom is 0.334 e. The Morgan fingerprint density at radius 3 is 2.32 bits per heavy atom. The van der Waals surface area contributed by atoms with E-state index in [4.69, 9.17) is 9.47 Å². The van der Waals surface area contributed by atoms with Gasteiger partial charge in [0.25, 0.3) is 0 Å². The van der Waals surface area contributed by atoms with Crippen LogP contribution in [0.3, 0.4) is 0 Å². The molecule has 154 valence electrons. The molecule has 4 heteroatoms. The standard InChI is InChI=1S/C24H34O4/c1-18(2)12-21(13-19(3)4)10-11-22-14-24(16-25,28-23(22)26)17-27-15-20-8-6-5-7-9-20/h5-9,11,16,18-19,21H,10,12-15,17H2,1-4H3/b22-11-/t24-/m0/s1. The highest BCUT2D eigenvalue weighted by molar-refractivity contribution is 5.94. The van der Waals surface area contributed by atoms with Crippen molar-refractivity contribution in [3.63, 3.8) is 0 Å². The Bertz CT molecular complexity index is 652. The average molecular weight is 387 g/mol. The van der Waals surface area contributed by atoms with E-state index >= 15 is 0 Å². The first-order chi connectivity index (χ1) is 13.3. The number of ether oxygens (including phenoxy) is 2. The third-order valence-electron chi connectivity index (χ3n) is 5.03. The summed E-state index contributed by atoms with van der Waals surface area (Å²) >= 11 is 0. The molecule has 0 unspecified atom stereocenters. The molecule has 1 fully saturated rings. The van der Waals surface area contributed by atoms with Crippen molar-refractivity contribution in [2.75, 3.05) is 6.61 Å². The van der Waals surface area contributed by atoms with E-state index in [0.29, 0.717) is 36.4 Å². The first kappa shape index (κ1) is 22.4. The highest BCUT2D eigenvalue weighted by Gasteiger charge is 2.44. The average Bonchev–Trinajstić information content (AvgIpc) is 2.96. The van der Waals surface area contributed by atoms with Crippen LogP contribution in [0, 0.1) is 17.8 Å². The SMILES string of the molecule is CC(C)CC(C/C=C1/C[C@](C=O)(COCc2ccccc2)OC1=O)CC(C)C. The summed E-state index contributed by atoms with van der Waals surface area (Å²) in [5.41, 5.74) is 0.435. The number of benzene rings is 1. The molecule has 0 radical (unpaired) electrons. The Labute approximate surface area is 169 Å². The monoisotopic (exact) mass is 386 g/mol. The molecular weight excluding hydrogens is 352 g/mol. The van der Waals surface area contributed by atoms with Gasteiger partial charge in [0.05, 0.1) is 13.2 Å². The molecule has 1 aliphatic heterocycles. The second-order valence-electron chi connectivity index (χ2n) is 8.82. The predicted molar refractivity (Wildman–Crippen MR) is 111 cm³/mol. The molecular formula is C24H34O4. The van der Waals surface area contributed by atoms with E-state index in [1.54, 1.807) is 0 Å². The molecule has 0 bridgehead atoms. The van der Waals surface area contributed by atoms with E-state index < -0.39 is 5.60 Å². The third-order valence-corrected chi connectivity index (χ3v) is 5.03. The Hall–Kier alpha value is -1.94. The van der Waals surface area contributed by atoms with Gasteiger partial charge in [-0.15, -0.1) is 0 Å². The lowest BCUT2D eigenvalue weighted by molar-refractivity contribution is -0.157. The zero-order chi connectivity index (χ0) is 20.6. The minimum absolute atomic E-state index is 0.0793. The molecule has 0 aliphatic carbocycles. The molecule has 0 amide bonds. The third kappa shape index (κ3) is 6.90. The van der Waals surface area contributed by atoms with Crippen molar-refractivity contribution in [3.05, 3.63) is 47.5 Å². The van der Waals surface area contributed by atoms with Gasteiger partial charge in [0.2, 0.25) is 0 Å². The van der Waals surface area contributed by atoms with Crippen molar-refractivity contribution < 1.29 is 19.1 Å². The van der Waals surface area contributed by atoms with Crippen LogP contribution in [0.5, 0.6) is 0 Å². The van der Waals surface area contributed by atoms with Crippen LogP contribution in [0.4, 0.5) is 0 Å². The van der Waals surface area contributed by atoms with Gasteiger partial charge in [-0.25, -0.2) is 4.79 Å². The van der Waals surface area contributed by atoms with Crippen molar-refractivity contribution in [2.24, 2.45) is 17.8 Å². The van der Waals surface area contributed by atoms with Crippen molar-refractivity contribution in [3.8, 4) is 0 Å². The number of rotatable bonds is 11. The highest BCUT2D eigenvalue weighted by atomic mass is 16.6. The lowest BCUT2D eigenvalue weighted by Crippen LogP contribution is -2.36. The van der Waals surface area contributed by atoms with Crippen LogP contribution in [0.15, 0.2) is 42.0 Å². The Morgan fingerprint density at radius 1 is 1.11 bits per heavy atom. The zero-order valence-electron chi connectivity index (χ0n) is 17.6. The highest BCUT2D eigenvalue weighted by Crippen LogP contribution is 2.32. The fraction of sp³-hybridized carbons (Fsp3) is 0.583. The molecule has 0 spiro atoms. The van der Waals surface area contributed by atoms with Gasteiger partial charge >= 0.3 is 5.97 Å². The lowest BCUT2D eigenvalue weighted by Gasteiger charge is -2.20. The minimum Gasteiger partial charge on any atom is -0.445 e. The van der Waals surface area contributed by atoms with Gasteiger partial charge in [0.1, 0.15) is 0 Å². The molecule has 1 aliphatic rings. The normalized spacial score (nSPS) is 21.1. The van der Waals surface area contributed by atoms with Gasteiger partial charge in [-0.3, -0.25) is 4.79 Å². The molecule has 1 atom stereocenters. The molecule has 4 nitrogen and oxygen atoms in total. The Kier molecular flexibility index (Phi) is 8.43. The molecule has 0 N–H and O–H groups in total. The Balaban J connectivity index is 1.96. The molecule has 1 heterocycles. The summed E-state index contributed by atoms with van der Waals surface area (Å²) in [6, 6.07) is 9.75. The van der Waals surface area contributed by atoms with Crippen LogP contribution in [0.2, 0.25) is 0 Å². The van der Waals surface area contributed by atoms with E-state index in [1.807, 2.05) is 36.4 Å². The number of carbonyl (C=O) groups is 2. The second-order valence-corrected chi connectivity index (χ2v) is 8.82. The summed E-state index contributed by atoms with van der Waals surface area (Å²) in [6.45, 7) is 9.38. The maximum atomic E-state index is 12.3. The topological polar surface area (TPSA) is 52.6 Å². The molecule has 0 aromatic heterocycles. The van der Waals surface area contributed by atoms with E-state index in [-0.39, 0.29) is 12.6 Å². The molecule has 0 saturated carbocycles. The van der Waals surface area contributed by atoms with Gasteiger partial charge in [0, 0.05) is 12.0 Å². The summed E-state index contributed by atoms with van der Waals surface area (Å²) < 4.78 is 11.1. The largest absolute Gasteiger partial charge is 0.445 e. The fourth-order valence-corrected chi connectivity index (χ4v) is 3.86. The molecule has 28 heavy (non-hydrogen) atoms. The van der Waals surface area contributed by atoms with E-state index in [9.17, 15) is 9.59 Å². The quantitative estimate of drug-likeness (QED) is 0.301. The van der Waals surface area contributed by atoms with E-state index in [1.165, 1.54) is 0 Å². The van der Waals surface area contributed by atoms with Gasteiger partial charge < -0.3 is 9.47 Å². The molecule has 1 aromatic carbocycles. The molecule has 1 saturated heterocycles. The van der Waals surface area contributed by atoms with Gasteiger partial charge in [-0.05, 0) is 42.6 Å². The van der Waals surface area contributed by atoms with Crippen LogP contribution in [-0.4, -0.2) is 24.5 Å². The first-order valence-electron chi connectivity index (χ1n) is 10.3. The number of hydrogen-bond acceptors (Lipinski definition) is 4. The number of cyclic esters (lactones) is 1. The van der Waals surface area contributed by atoms with Gasteiger partial charge in [-0.1, -0.05) is 64.1 Å².